The molecule has 1 spiro atoms. The van der Waals surface area contributed by atoms with Crippen LogP contribution in [0, 0.1) is 0 Å². The molecule has 0 aliphatic carbocycles. The lowest BCUT2D eigenvalue weighted by molar-refractivity contribution is -0.161. The van der Waals surface area contributed by atoms with Crippen molar-refractivity contribution in [3.05, 3.63) is 80.5 Å². The number of halogens is 1. The van der Waals surface area contributed by atoms with Gasteiger partial charge in [0.05, 0.1) is 27.9 Å². The smallest absolute Gasteiger partial charge is 0.306 e. The topological polar surface area (TPSA) is 53.9 Å². The van der Waals surface area contributed by atoms with Gasteiger partial charge in [-0.15, -0.1) is 11.3 Å². The number of rotatable bonds is 1. The van der Waals surface area contributed by atoms with E-state index in [1.807, 2.05) is 52.9 Å². The van der Waals surface area contributed by atoms with Gasteiger partial charge in [0.15, 0.2) is 0 Å². The Balaban J connectivity index is 1.60. The van der Waals surface area contributed by atoms with Crippen LogP contribution >= 0.6 is 27.3 Å². The van der Waals surface area contributed by atoms with Crippen molar-refractivity contribution < 1.29 is 9.53 Å². The van der Waals surface area contributed by atoms with E-state index in [2.05, 4.69) is 33.4 Å². The highest BCUT2D eigenvalue weighted by Gasteiger charge is 2.60. The molecule has 4 heterocycles. The summed E-state index contributed by atoms with van der Waals surface area (Å²) in [6.07, 6.45) is 0.735. The van der Waals surface area contributed by atoms with Gasteiger partial charge < -0.3 is 10.1 Å². The number of nitrogens with zero attached hydrogens (tertiary/aromatic N) is 2. The predicted molar refractivity (Wildman–Crippen MR) is 112 cm³/mol. The minimum Gasteiger partial charge on any atom is -0.453 e. The third-order valence-corrected chi connectivity index (χ3v) is 6.89. The molecular formula is C21H14BrN3O2S. The Morgan fingerprint density at radius 3 is 2.96 bits per heavy atom. The van der Waals surface area contributed by atoms with Crippen LogP contribution < -0.4 is 10.1 Å². The molecule has 1 amide bonds. The summed E-state index contributed by atoms with van der Waals surface area (Å²) in [5.74, 6) is 0.519. The van der Waals surface area contributed by atoms with Crippen molar-refractivity contribution in [3.8, 4) is 5.75 Å². The Bertz CT molecular complexity index is 1160. The molecule has 138 valence electrons. The minimum atomic E-state index is -1.31. The van der Waals surface area contributed by atoms with Crippen molar-refractivity contribution in [2.24, 2.45) is 5.10 Å². The molecule has 0 radical (unpaired) electrons. The molecule has 3 aliphatic heterocycles. The fourth-order valence-electron chi connectivity index (χ4n) is 4.25. The zero-order valence-electron chi connectivity index (χ0n) is 14.6. The molecule has 0 fully saturated rings. The number of hydrogen-bond donors (Lipinski definition) is 1. The van der Waals surface area contributed by atoms with Crippen molar-refractivity contribution in [3.63, 3.8) is 0 Å². The summed E-state index contributed by atoms with van der Waals surface area (Å²) in [7, 11) is 0. The molecule has 0 bridgehead atoms. The maximum absolute atomic E-state index is 13.3. The van der Waals surface area contributed by atoms with Crippen LogP contribution in [0.25, 0.3) is 0 Å². The molecule has 1 N–H and O–H groups in total. The van der Waals surface area contributed by atoms with E-state index in [9.17, 15) is 4.79 Å². The molecule has 3 aliphatic rings. The quantitative estimate of drug-likeness (QED) is 0.574. The molecule has 3 aromatic rings. The fourth-order valence-corrected chi connectivity index (χ4v) is 5.34. The van der Waals surface area contributed by atoms with Gasteiger partial charge in [-0.1, -0.05) is 40.2 Å². The lowest BCUT2D eigenvalue weighted by Crippen LogP contribution is -2.55. The summed E-state index contributed by atoms with van der Waals surface area (Å²) >= 11 is 5.20. The number of anilines is 1. The predicted octanol–water partition coefficient (Wildman–Crippen LogP) is 4.86. The van der Waals surface area contributed by atoms with Gasteiger partial charge >= 0.3 is 5.72 Å². The molecule has 7 heteroatoms. The van der Waals surface area contributed by atoms with E-state index in [0.29, 0.717) is 0 Å². The third kappa shape index (κ3) is 2.06. The first-order valence-electron chi connectivity index (χ1n) is 8.97. The van der Waals surface area contributed by atoms with Gasteiger partial charge in [-0.3, -0.25) is 4.79 Å². The Morgan fingerprint density at radius 1 is 1.21 bits per heavy atom. The fraction of sp³-hybridized carbons (Fsp3) is 0.143. The summed E-state index contributed by atoms with van der Waals surface area (Å²) in [5, 5.41) is 11.8. The van der Waals surface area contributed by atoms with Crippen LogP contribution in [0.4, 0.5) is 5.69 Å². The molecule has 1 aromatic heterocycles. The van der Waals surface area contributed by atoms with Crippen molar-refractivity contribution in [1.82, 2.24) is 5.01 Å². The number of fused-ring (bicyclic) bond motifs is 6. The lowest BCUT2D eigenvalue weighted by Gasteiger charge is -2.44. The monoisotopic (exact) mass is 451 g/mol. The number of para-hydroxylation sites is 1. The number of carbonyl (C=O) groups is 1. The van der Waals surface area contributed by atoms with Crippen LogP contribution in [0.15, 0.2) is 69.6 Å². The number of nitrogens with one attached hydrogen (secondary N) is 1. The van der Waals surface area contributed by atoms with Crippen molar-refractivity contribution in [2.45, 2.75) is 18.2 Å². The van der Waals surface area contributed by atoms with Crippen LogP contribution in [0.3, 0.4) is 0 Å². The Labute approximate surface area is 173 Å². The van der Waals surface area contributed by atoms with Crippen molar-refractivity contribution in [1.29, 1.82) is 0 Å². The first-order chi connectivity index (χ1) is 13.7. The van der Waals surface area contributed by atoms with Gasteiger partial charge in [0, 0.05) is 16.5 Å². The van der Waals surface area contributed by atoms with Gasteiger partial charge in [-0.25, -0.2) is 5.01 Å². The van der Waals surface area contributed by atoms with E-state index in [-0.39, 0.29) is 11.9 Å². The molecule has 2 atom stereocenters. The summed E-state index contributed by atoms with van der Waals surface area (Å²) in [4.78, 5) is 14.4. The Kier molecular flexibility index (Phi) is 3.31. The van der Waals surface area contributed by atoms with E-state index >= 15 is 0 Å². The maximum atomic E-state index is 13.3. The molecule has 0 saturated carbocycles. The molecule has 2 aromatic carbocycles. The van der Waals surface area contributed by atoms with E-state index in [1.165, 1.54) is 0 Å². The first kappa shape index (κ1) is 16.3. The summed E-state index contributed by atoms with van der Waals surface area (Å²) in [6, 6.07) is 17.7. The highest BCUT2D eigenvalue weighted by Crippen LogP contribution is 2.54. The third-order valence-electron chi connectivity index (χ3n) is 5.48. The van der Waals surface area contributed by atoms with E-state index in [1.54, 1.807) is 11.3 Å². The van der Waals surface area contributed by atoms with E-state index in [0.717, 1.165) is 44.0 Å². The van der Waals surface area contributed by atoms with Gasteiger partial charge in [0.25, 0.3) is 5.91 Å². The average molecular weight is 452 g/mol. The minimum absolute atomic E-state index is 0.0577. The highest BCUT2D eigenvalue weighted by molar-refractivity contribution is 9.10. The molecular weight excluding hydrogens is 438 g/mol. The maximum Gasteiger partial charge on any atom is 0.306 e. The van der Waals surface area contributed by atoms with E-state index < -0.39 is 5.72 Å². The highest BCUT2D eigenvalue weighted by atomic mass is 79.9. The molecule has 28 heavy (non-hydrogen) atoms. The number of ether oxygens (including phenoxy) is 1. The first-order valence-corrected chi connectivity index (χ1v) is 10.6. The standard InChI is InChI=1S/C21H14BrN3O2S/c22-12-7-8-15-14(10-12)21(20(26)23-15)25-17(13-4-1-2-5-18(13)27-21)11-16(24-25)19-6-3-9-28-19/h1-10,17H,11H2,(H,23,26)/t17-,21+/m0/s1. The van der Waals surface area contributed by atoms with Gasteiger partial charge in [-0.2, -0.15) is 5.10 Å². The molecule has 5 nitrogen and oxygen atoms in total. The number of amides is 1. The SMILES string of the molecule is O=C1Nc2ccc(Br)cc2[C@@]12Oc1ccccc1[C@@H]1CC(c3cccs3)=NN12. The normalized spacial score (nSPS) is 24.3. The lowest BCUT2D eigenvalue weighted by atomic mass is 9.93. The van der Waals surface area contributed by atoms with Crippen LogP contribution in [-0.2, 0) is 10.5 Å². The number of thiophene rings is 1. The van der Waals surface area contributed by atoms with Gasteiger partial charge in [-0.05, 0) is 35.7 Å². The zero-order valence-corrected chi connectivity index (χ0v) is 17.0. The van der Waals surface area contributed by atoms with Gasteiger partial charge in [0.2, 0.25) is 0 Å². The zero-order chi connectivity index (χ0) is 18.9. The largest absolute Gasteiger partial charge is 0.453 e. The average Bonchev–Trinajstić information content (AvgIpc) is 3.42. The van der Waals surface area contributed by atoms with Crippen LogP contribution in [-0.4, -0.2) is 16.6 Å². The van der Waals surface area contributed by atoms with Crippen molar-refractivity contribution >= 4 is 44.6 Å². The number of hydrazone groups is 1. The molecule has 6 rings (SSSR count). The number of benzene rings is 2. The van der Waals surface area contributed by atoms with Crippen molar-refractivity contribution in [2.75, 3.05) is 5.32 Å². The number of carbonyl (C=O) groups excluding carboxylic acids is 1. The summed E-state index contributed by atoms with van der Waals surface area (Å²) < 4.78 is 7.33. The second-order valence-electron chi connectivity index (χ2n) is 7.02. The molecule has 0 unspecified atom stereocenters. The van der Waals surface area contributed by atoms with Crippen LogP contribution in [0.1, 0.15) is 28.5 Å². The van der Waals surface area contributed by atoms with Crippen LogP contribution in [0.2, 0.25) is 0 Å². The van der Waals surface area contributed by atoms with Crippen LogP contribution in [0.5, 0.6) is 5.75 Å². The Hall–Kier alpha value is -2.64. The number of hydrogen-bond acceptors (Lipinski definition) is 5. The van der Waals surface area contributed by atoms with Gasteiger partial charge in [0.1, 0.15) is 5.75 Å². The summed E-state index contributed by atoms with van der Waals surface area (Å²) in [5.41, 5.74) is 2.27. The molecule has 0 saturated heterocycles. The summed E-state index contributed by atoms with van der Waals surface area (Å²) in [6.45, 7) is 0. The second kappa shape index (κ2) is 5.68. The Morgan fingerprint density at radius 2 is 2.11 bits per heavy atom. The second-order valence-corrected chi connectivity index (χ2v) is 8.88. The van der Waals surface area contributed by atoms with E-state index in [4.69, 9.17) is 9.84 Å².